The smallest absolute Gasteiger partial charge is 0.126 e. The summed E-state index contributed by atoms with van der Waals surface area (Å²) in [5.74, 6) is 0.903. The molecule has 0 aromatic carbocycles. The minimum atomic E-state index is 0.733. The first-order chi connectivity index (χ1) is 7.74. The summed E-state index contributed by atoms with van der Waals surface area (Å²) in [6.07, 6.45) is 4.13. The van der Waals surface area contributed by atoms with Gasteiger partial charge in [0.2, 0.25) is 0 Å². The highest BCUT2D eigenvalue weighted by Gasteiger charge is 1.97. The molecule has 0 amide bonds. The Kier molecular flexibility index (Phi) is 6.42. The lowest BCUT2D eigenvalue weighted by Crippen LogP contribution is -2.11. The SMILES string of the molecule is CCCCOCCNc1cc(C)c(Br)cn1. The molecule has 1 heterocycles. The van der Waals surface area contributed by atoms with Crippen molar-refractivity contribution < 1.29 is 4.74 Å². The zero-order valence-electron chi connectivity index (χ0n) is 9.92. The van der Waals surface area contributed by atoms with E-state index in [0.29, 0.717) is 0 Å². The molecule has 0 radical (unpaired) electrons. The first kappa shape index (κ1) is 13.5. The number of pyridine rings is 1. The van der Waals surface area contributed by atoms with Crippen molar-refractivity contribution >= 4 is 21.7 Å². The lowest BCUT2D eigenvalue weighted by atomic mass is 10.3. The van der Waals surface area contributed by atoms with Crippen LogP contribution in [0, 0.1) is 6.92 Å². The average molecular weight is 287 g/mol. The summed E-state index contributed by atoms with van der Waals surface area (Å²) in [7, 11) is 0. The van der Waals surface area contributed by atoms with E-state index in [2.05, 4.69) is 40.1 Å². The van der Waals surface area contributed by atoms with Crippen LogP contribution in [0.25, 0.3) is 0 Å². The third-order valence-electron chi connectivity index (χ3n) is 2.24. The van der Waals surface area contributed by atoms with E-state index in [1.165, 1.54) is 12.0 Å². The minimum Gasteiger partial charge on any atom is -0.380 e. The number of ether oxygens (including phenoxy) is 1. The molecule has 1 aromatic rings. The van der Waals surface area contributed by atoms with Crippen LogP contribution < -0.4 is 5.32 Å². The second kappa shape index (κ2) is 7.63. The third-order valence-corrected chi connectivity index (χ3v) is 3.07. The molecule has 1 rings (SSSR count). The van der Waals surface area contributed by atoms with Gasteiger partial charge in [-0.2, -0.15) is 0 Å². The number of hydrogen-bond donors (Lipinski definition) is 1. The molecule has 90 valence electrons. The summed E-state index contributed by atoms with van der Waals surface area (Å²) < 4.78 is 6.49. The maximum atomic E-state index is 5.45. The van der Waals surface area contributed by atoms with Gasteiger partial charge < -0.3 is 10.1 Å². The molecule has 0 spiro atoms. The predicted octanol–water partition coefficient (Wildman–Crippen LogP) is 3.38. The molecule has 0 atom stereocenters. The summed E-state index contributed by atoms with van der Waals surface area (Å²) in [5.41, 5.74) is 1.18. The highest BCUT2D eigenvalue weighted by Crippen LogP contribution is 2.16. The van der Waals surface area contributed by atoms with Crippen LogP contribution in [0.2, 0.25) is 0 Å². The molecule has 0 aliphatic rings. The fourth-order valence-electron chi connectivity index (χ4n) is 1.24. The summed E-state index contributed by atoms with van der Waals surface area (Å²) in [6.45, 7) is 6.60. The van der Waals surface area contributed by atoms with E-state index in [9.17, 15) is 0 Å². The van der Waals surface area contributed by atoms with Crippen molar-refractivity contribution in [2.45, 2.75) is 26.7 Å². The van der Waals surface area contributed by atoms with Crippen molar-refractivity contribution in [1.29, 1.82) is 0 Å². The topological polar surface area (TPSA) is 34.1 Å². The van der Waals surface area contributed by atoms with Crippen molar-refractivity contribution in [1.82, 2.24) is 4.98 Å². The van der Waals surface area contributed by atoms with E-state index in [1.54, 1.807) is 0 Å². The van der Waals surface area contributed by atoms with Crippen LogP contribution in [0.1, 0.15) is 25.3 Å². The number of anilines is 1. The van der Waals surface area contributed by atoms with Crippen LogP contribution in [-0.2, 0) is 4.74 Å². The molecular weight excluding hydrogens is 268 g/mol. The standard InChI is InChI=1S/C12H19BrN2O/c1-3-4-6-16-7-5-14-12-8-10(2)11(13)9-15-12/h8-9H,3-7H2,1-2H3,(H,14,15). The number of nitrogens with zero attached hydrogens (tertiary/aromatic N) is 1. The van der Waals surface area contributed by atoms with Gasteiger partial charge in [-0.05, 0) is 40.9 Å². The Morgan fingerprint density at radius 3 is 2.94 bits per heavy atom. The Morgan fingerprint density at radius 2 is 2.25 bits per heavy atom. The lowest BCUT2D eigenvalue weighted by molar-refractivity contribution is 0.141. The molecule has 0 bridgehead atoms. The normalized spacial score (nSPS) is 10.4. The van der Waals surface area contributed by atoms with Crippen LogP contribution >= 0.6 is 15.9 Å². The summed E-state index contributed by atoms with van der Waals surface area (Å²) in [6, 6.07) is 2.02. The molecule has 0 aliphatic heterocycles. The van der Waals surface area contributed by atoms with Crippen LogP contribution in [0.3, 0.4) is 0 Å². The Balaban J connectivity index is 2.19. The Morgan fingerprint density at radius 1 is 1.44 bits per heavy atom. The van der Waals surface area contributed by atoms with Crippen molar-refractivity contribution in [2.75, 3.05) is 25.1 Å². The highest BCUT2D eigenvalue weighted by atomic mass is 79.9. The van der Waals surface area contributed by atoms with E-state index in [-0.39, 0.29) is 0 Å². The first-order valence-corrected chi connectivity index (χ1v) is 6.47. The van der Waals surface area contributed by atoms with Gasteiger partial charge in [-0.25, -0.2) is 4.98 Å². The predicted molar refractivity (Wildman–Crippen MR) is 70.9 cm³/mol. The van der Waals surface area contributed by atoms with Gasteiger partial charge in [0.25, 0.3) is 0 Å². The number of aryl methyl sites for hydroxylation is 1. The van der Waals surface area contributed by atoms with E-state index < -0.39 is 0 Å². The summed E-state index contributed by atoms with van der Waals surface area (Å²) >= 11 is 3.42. The molecule has 4 heteroatoms. The van der Waals surface area contributed by atoms with Crippen LogP contribution in [0.5, 0.6) is 0 Å². The summed E-state index contributed by atoms with van der Waals surface area (Å²) in [4.78, 5) is 4.26. The van der Waals surface area contributed by atoms with Crippen LogP contribution in [0.15, 0.2) is 16.7 Å². The average Bonchev–Trinajstić information content (AvgIpc) is 2.28. The highest BCUT2D eigenvalue weighted by molar-refractivity contribution is 9.10. The Hall–Kier alpha value is -0.610. The minimum absolute atomic E-state index is 0.733. The molecule has 0 aliphatic carbocycles. The fraction of sp³-hybridized carbons (Fsp3) is 0.583. The van der Waals surface area contributed by atoms with Crippen molar-refractivity contribution in [3.8, 4) is 0 Å². The molecule has 1 N–H and O–H groups in total. The zero-order chi connectivity index (χ0) is 11.8. The second-order valence-corrected chi connectivity index (χ2v) is 4.57. The lowest BCUT2D eigenvalue weighted by Gasteiger charge is -2.07. The number of halogens is 1. The van der Waals surface area contributed by atoms with E-state index in [4.69, 9.17) is 4.74 Å². The van der Waals surface area contributed by atoms with Gasteiger partial charge in [0.15, 0.2) is 0 Å². The van der Waals surface area contributed by atoms with E-state index >= 15 is 0 Å². The van der Waals surface area contributed by atoms with E-state index in [0.717, 1.165) is 36.5 Å². The Labute approximate surface area is 106 Å². The van der Waals surface area contributed by atoms with Crippen LogP contribution in [-0.4, -0.2) is 24.7 Å². The van der Waals surface area contributed by atoms with Gasteiger partial charge in [-0.15, -0.1) is 0 Å². The molecule has 16 heavy (non-hydrogen) atoms. The third kappa shape index (κ3) is 4.94. The molecular formula is C12H19BrN2O. The van der Waals surface area contributed by atoms with Crippen LogP contribution in [0.4, 0.5) is 5.82 Å². The van der Waals surface area contributed by atoms with E-state index in [1.807, 2.05) is 12.3 Å². The van der Waals surface area contributed by atoms with Crippen molar-refractivity contribution in [2.24, 2.45) is 0 Å². The number of nitrogens with one attached hydrogen (secondary N) is 1. The van der Waals surface area contributed by atoms with Crippen molar-refractivity contribution in [3.63, 3.8) is 0 Å². The van der Waals surface area contributed by atoms with Gasteiger partial charge in [0.1, 0.15) is 5.82 Å². The number of unbranched alkanes of at least 4 members (excludes halogenated alkanes) is 1. The molecule has 3 nitrogen and oxygen atoms in total. The molecule has 0 saturated carbocycles. The maximum absolute atomic E-state index is 5.45. The second-order valence-electron chi connectivity index (χ2n) is 3.71. The van der Waals surface area contributed by atoms with Gasteiger partial charge in [-0.1, -0.05) is 13.3 Å². The molecule has 0 unspecified atom stereocenters. The first-order valence-electron chi connectivity index (χ1n) is 5.67. The quantitative estimate of drug-likeness (QED) is 0.781. The number of aromatic nitrogens is 1. The zero-order valence-corrected chi connectivity index (χ0v) is 11.5. The fourth-order valence-corrected chi connectivity index (χ4v) is 1.45. The Bertz CT molecular complexity index is 318. The van der Waals surface area contributed by atoms with Gasteiger partial charge in [0.05, 0.1) is 6.61 Å². The maximum Gasteiger partial charge on any atom is 0.126 e. The largest absolute Gasteiger partial charge is 0.380 e. The molecule has 0 fully saturated rings. The van der Waals surface area contributed by atoms with Gasteiger partial charge in [0, 0.05) is 23.8 Å². The van der Waals surface area contributed by atoms with Gasteiger partial charge >= 0.3 is 0 Å². The monoisotopic (exact) mass is 286 g/mol. The van der Waals surface area contributed by atoms with Crippen molar-refractivity contribution in [3.05, 3.63) is 22.3 Å². The summed E-state index contributed by atoms with van der Waals surface area (Å²) in [5, 5.41) is 3.23. The molecule has 0 saturated heterocycles. The number of rotatable bonds is 7. The van der Waals surface area contributed by atoms with Gasteiger partial charge in [-0.3, -0.25) is 0 Å². The number of hydrogen-bond acceptors (Lipinski definition) is 3. The molecule has 1 aromatic heterocycles.